The molecule has 0 saturated carbocycles. The summed E-state index contributed by atoms with van der Waals surface area (Å²) in [5.74, 6) is -0.0263. The molecule has 1 atom stereocenters. The highest BCUT2D eigenvalue weighted by atomic mass is 16.6. The monoisotopic (exact) mass is 239 g/mol. The molecule has 7 heteroatoms. The maximum atomic E-state index is 10.7. The Bertz CT molecular complexity index is 433. The highest BCUT2D eigenvalue weighted by Gasteiger charge is 2.20. The number of nitrogens with zero attached hydrogens (tertiary/aromatic N) is 2. The van der Waals surface area contributed by atoms with Gasteiger partial charge in [-0.25, -0.2) is 0 Å². The van der Waals surface area contributed by atoms with Crippen LogP contribution in [-0.4, -0.2) is 22.1 Å². The lowest BCUT2D eigenvalue weighted by Gasteiger charge is -2.15. The number of nitrogens with two attached hydrogens (primary N) is 1. The third kappa shape index (κ3) is 3.07. The summed E-state index contributed by atoms with van der Waals surface area (Å²) in [6.07, 6.45) is -0.261. The Morgan fingerprint density at radius 2 is 2.29 bits per heavy atom. The smallest absolute Gasteiger partial charge is 0.310 e. The number of amidine groups is 1. The Morgan fingerprint density at radius 1 is 1.65 bits per heavy atom. The minimum atomic E-state index is -0.693. The highest BCUT2D eigenvalue weighted by molar-refractivity contribution is 5.84. The molecule has 1 unspecified atom stereocenters. The molecule has 0 fully saturated rings. The zero-order chi connectivity index (χ0) is 12.8. The fourth-order valence-corrected chi connectivity index (χ4v) is 1.28. The molecule has 0 radical (unpaired) electrons. The predicted octanol–water partition coefficient (Wildman–Crippen LogP) is 1.50. The molecule has 0 aliphatic rings. The third-order valence-corrected chi connectivity index (χ3v) is 2.15. The third-order valence-electron chi connectivity index (χ3n) is 2.15. The lowest BCUT2D eigenvalue weighted by Crippen LogP contribution is -2.33. The van der Waals surface area contributed by atoms with Crippen molar-refractivity contribution in [3.05, 3.63) is 34.4 Å². The molecule has 0 heterocycles. The first-order chi connectivity index (χ1) is 8.10. The Balaban J connectivity index is 2.97. The summed E-state index contributed by atoms with van der Waals surface area (Å²) >= 11 is 0. The van der Waals surface area contributed by atoms with Crippen molar-refractivity contribution in [2.45, 2.75) is 19.4 Å². The molecule has 3 N–H and O–H groups in total. The fourth-order valence-electron chi connectivity index (χ4n) is 1.28. The van der Waals surface area contributed by atoms with Gasteiger partial charge < -0.3 is 15.7 Å². The molecule has 0 spiro atoms. The molecule has 7 nitrogen and oxygen atoms in total. The van der Waals surface area contributed by atoms with Crippen LogP contribution in [0.5, 0.6) is 5.75 Å². The van der Waals surface area contributed by atoms with Crippen LogP contribution in [0.1, 0.15) is 13.3 Å². The summed E-state index contributed by atoms with van der Waals surface area (Å²) in [6, 6.07) is 5.94. The van der Waals surface area contributed by atoms with Gasteiger partial charge in [0.2, 0.25) is 0 Å². The van der Waals surface area contributed by atoms with Crippen LogP contribution in [0.4, 0.5) is 5.69 Å². The molecule has 1 aromatic rings. The van der Waals surface area contributed by atoms with Crippen LogP contribution >= 0.6 is 0 Å². The van der Waals surface area contributed by atoms with Gasteiger partial charge in [-0.3, -0.25) is 10.1 Å². The molecular weight excluding hydrogens is 226 g/mol. The van der Waals surface area contributed by atoms with Crippen molar-refractivity contribution < 1.29 is 14.9 Å². The predicted molar refractivity (Wildman–Crippen MR) is 61.2 cm³/mol. The number of oxime groups is 1. The number of para-hydroxylation sites is 2. The van der Waals surface area contributed by atoms with Gasteiger partial charge in [0.15, 0.2) is 17.7 Å². The Hall–Kier alpha value is -2.31. The SMILES string of the molecule is CCC(Oc1ccccc1[N+](=O)[O-])C(N)=NO. The van der Waals surface area contributed by atoms with Crippen molar-refractivity contribution in [2.24, 2.45) is 10.9 Å². The van der Waals surface area contributed by atoms with Gasteiger partial charge in [0.1, 0.15) is 0 Å². The van der Waals surface area contributed by atoms with Gasteiger partial charge in [-0.05, 0) is 12.5 Å². The van der Waals surface area contributed by atoms with Crippen molar-refractivity contribution in [2.75, 3.05) is 0 Å². The quantitative estimate of drug-likeness (QED) is 0.266. The Morgan fingerprint density at radius 3 is 2.82 bits per heavy atom. The van der Waals surface area contributed by atoms with Crippen molar-refractivity contribution >= 4 is 11.5 Å². The topological polar surface area (TPSA) is 111 Å². The lowest BCUT2D eigenvalue weighted by atomic mass is 10.2. The van der Waals surface area contributed by atoms with Crippen molar-refractivity contribution in [1.29, 1.82) is 0 Å². The maximum absolute atomic E-state index is 10.7. The summed E-state index contributed by atoms with van der Waals surface area (Å²) < 4.78 is 5.35. The van der Waals surface area contributed by atoms with E-state index in [-0.39, 0.29) is 17.3 Å². The van der Waals surface area contributed by atoms with E-state index in [1.807, 2.05) is 0 Å². The van der Waals surface area contributed by atoms with Gasteiger partial charge in [0, 0.05) is 6.07 Å². The van der Waals surface area contributed by atoms with Gasteiger partial charge in [-0.15, -0.1) is 0 Å². The van der Waals surface area contributed by atoms with E-state index in [1.54, 1.807) is 13.0 Å². The molecule has 0 saturated heterocycles. The summed E-state index contributed by atoms with van der Waals surface area (Å²) in [7, 11) is 0. The minimum Gasteiger partial charge on any atom is -0.475 e. The fraction of sp³-hybridized carbons (Fsp3) is 0.300. The van der Waals surface area contributed by atoms with Gasteiger partial charge in [-0.1, -0.05) is 24.2 Å². The van der Waals surface area contributed by atoms with E-state index in [0.717, 1.165) is 0 Å². The van der Waals surface area contributed by atoms with Crippen LogP contribution in [0.15, 0.2) is 29.4 Å². The first-order valence-electron chi connectivity index (χ1n) is 4.97. The van der Waals surface area contributed by atoms with E-state index in [1.165, 1.54) is 18.2 Å². The lowest BCUT2D eigenvalue weighted by molar-refractivity contribution is -0.386. The highest BCUT2D eigenvalue weighted by Crippen LogP contribution is 2.27. The van der Waals surface area contributed by atoms with Crippen LogP contribution < -0.4 is 10.5 Å². The molecule has 17 heavy (non-hydrogen) atoms. The zero-order valence-electron chi connectivity index (χ0n) is 9.24. The van der Waals surface area contributed by atoms with Crippen molar-refractivity contribution in [3.8, 4) is 5.75 Å². The van der Waals surface area contributed by atoms with E-state index >= 15 is 0 Å². The van der Waals surface area contributed by atoms with Crippen LogP contribution in [0.3, 0.4) is 0 Å². The number of benzene rings is 1. The molecule has 92 valence electrons. The number of nitro groups is 1. The summed E-state index contributed by atoms with van der Waals surface area (Å²) in [4.78, 5) is 10.2. The summed E-state index contributed by atoms with van der Waals surface area (Å²) in [5, 5.41) is 22.1. The average Bonchev–Trinajstić information content (AvgIpc) is 2.35. The second-order valence-electron chi connectivity index (χ2n) is 3.26. The van der Waals surface area contributed by atoms with Crippen molar-refractivity contribution in [1.82, 2.24) is 0 Å². The second-order valence-corrected chi connectivity index (χ2v) is 3.26. The van der Waals surface area contributed by atoms with Gasteiger partial charge in [0.05, 0.1) is 4.92 Å². The number of hydrogen-bond acceptors (Lipinski definition) is 5. The Kier molecular flexibility index (Phi) is 4.27. The number of rotatable bonds is 5. The second kappa shape index (κ2) is 5.69. The molecule has 1 aromatic carbocycles. The van der Waals surface area contributed by atoms with Crippen LogP contribution in [0.2, 0.25) is 0 Å². The first kappa shape index (κ1) is 12.8. The summed E-state index contributed by atoms with van der Waals surface area (Å²) in [5.41, 5.74) is 5.25. The van der Waals surface area contributed by atoms with E-state index in [9.17, 15) is 10.1 Å². The van der Waals surface area contributed by atoms with Gasteiger partial charge >= 0.3 is 5.69 Å². The van der Waals surface area contributed by atoms with Gasteiger partial charge in [-0.2, -0.15) is 0 Å². The van der Waals surface area contributed by atoms with Crippen LogP contribution in [-0.2, 0) is 0 Å². The minimum absolute atomic E-state index is 0.0935. The van der Waals surface area contributed by atoms with E-state index in [2.05, 4.69) is 5.16 Å². The van der Waals surface area contributed by atoms with Crippen LogP contribution in [0.25, 0.3) is 0 Å². The zero-order valence-corrected chi connectivity index (χ0v) is 9.24. The molecular formula is C10H13N3O4. The molecule has 1 rings (SSSR count). The number of ether oxygens (including phenoxy) is 1. The largest absolute Gasteiger partial charge is 0.475 e. The molecule has 0 aliphatic heterocycles. The molecule has 0 amide bonds. The van der Waals surface area contributed by atoms with Gasteiger partial charge in [0.25, 0.3) is 0 Å². The van der Waals surface area contributed by atoms with E-state index in [4.69, 9.17) is 15.7 Å². The van der Waals surface area contributed by atoms with E-state index < -0.39 is 11.0 Å². The standard InChI is InChI=1S/C10H13N3O4/c1-2-8(10(11)12-14)17-9-6-4-3-5-7(9)13(15)16/h3-6,8,14H,2H2,1H3,(H2,11,12). The number of nitro benzene ring substituents is 1. The van der Waals surface area contributed by atoms with Crippen LogP contribution in [0, 0.1) is 10.1 Å². The summed E-state index contributed by atoms with van der Waals surface area (Å²) in [6.45, 7) is 1.76. The Labute approximate surface area is 97.6 Å². The molecule has 0 bridgehead atoms. The van der Waals surface area contributed by atoms with Crippen molar-refractivity contribution in [3.63, 3.8) is 0 Å². The van der Waals surface area contributed by atoms with E-state index in [0.29, 0.717) is 6.42 Å². The number of hydrogen-bond donors (Lipinski definition) is 2. The molecule has 0 aromatic heterocycles. The normalized spacial score (nSPS) is 13.1. The maximum Gasteiger partial charge on any atom is 0.310 e. The first-order valence-corrected chi connectivity index (χ1v) is 4.97. The molecule has 0 aliphatic carbocycles. The average molecular weight is 239 g/mol.